The Morgan fingerprint density at radius 3 is 2.23 bits per heavy atom. The van der Waals surface area contributed by atoms with Gasteiger partial charge in [-0.25, -0.2) is 4.98 Å². The largest absolute Gasteiger partial charge is 0.298 e. The van der Waals surface area contributed by atoms with Crippen molar-refractivity contribution in [2.45, 2.75) is 25.7 Å². The molecule has 1 aliphatic carbocycles. The molecule has 1 aliphatic rings. The second kappa shape index (κ2) is 7.22. The molecule has 0 saturated heterocycles. The van der Waals surface area contributed by atoms with Crippen LogP contribution in [-0.2, 0) is 12.8 Å². The number of nitrogens with zero attached hydrogens (tertiary/aromatic N) is 1. The van der Waals surface area contributed by atoms with E-state index in [1.54, 1.807) is 47.7 Å². The fourth-order valence-electron chi connectivity index (χ4n) is 3.10. The molecule has 26 heavy (non-hydrogen) atoms. The maximum absolute atomic E-state index is 12.4. The molecule has 2 aromatic carbocycles. The van der Waals surface area contributed by atoms with E-state index in [-0.39, 0.29) is 11.7 Å². The van der Waals surface area contributed by atoms with Gasteiger partial charge in [-0.3, -0.25) is 14.9 Å². The topological polar surface area (TPSA) is 59.1 Å². The van der Waals surface area contributed by atoms with Gasteiger partial charge < -0.3 is 0 Å². The molecule has 0 radical (unpaired) electrons. The zero-order valence-corrected chi connectivity index (χ0v) is 15.0. The second-order valence-corrected chi connectivity index (χ2v) is 7.41. The summed E-state index contributed by atoms with van der Waals surface area (Å²) in [5, 5.41) is 3.54. The van der Waals surface area contributed by atoms with Gasteiger partial charge in [-0.05, 0) is 37.8 Å². The minimum absolute atomic E-state index is 0.0508. The van der Waals surface area contributed by atoms with Crippen LogP contribution >= 0.6 is 11.3 Å². The van der Waals surface area contributed by atoms with Crippen LogP contribution in [0.25, 0.3) is 0 Å². The van der Waals surface area contributed by atoms with E-state index in [2.05, 4.69) is 10.3 Å². The zero-order chi connectivity index (χ0) is 17.9. The number of anilines is 1. The Morgan fingerprint density at radius 1 is 0.846 bits per heavy atom. The third kappa shape index (κ3) is 3.44. The number of hydrogen-bond donors (Lipinski definition) is 1. The normalized spacial score (nSPS) is 13.1. The quantitative estimate of drug-likeness (QED) is 0.695. The van der Waals surface area contributed by atoms with Gasteiger partial charge in [0, 0.05) is 21.6 Å². The summed E-state index contributed by atoms with van der Waals surface area (Å²) in [5.41, 5.74) is 2.85. The first-order chi connectivity index (χ1) is 12.7. The summed E-state index contributed by atoms with van der Waals surface area (Å²) < 4.78 is 0. The smallest absolute Gasteiger partial charge is 0.257 e. The molecular weight excluding hydrogens is 344 g/mol. The van der Waals surface area contributed by atoms with E-state index in [9.17, 15) is 9.59 Å². The lowest BCUT2D eigenvalue weighted by atomic mass is 10.0. The van der Waals surface area contributed by atoms with Gasteiger partial charge in [0.15, 0.2) is 10.9 Å². The van der Waals surface area contributed by atoms with Gasteiger partial charge in [-0.15, -0.1) is 11.3 Å². The molecule has 5 heteroatoms. The number of ketones is 1. The molecule has 1 heterocycles. The molecule has 0 bridgehead atoms. The van der Waals surface area contributed by atoms with Crippen molar-refractivity contribution >= 4 is 28.2 Å². The van der Waals surface area contributed by atoms with Crippen LogP contribution in [0.15, 0.2) is 54.6 Å². The minimum atomic E-state index is -0.199. The first-order valence-corrected chi connectivity index (χ1v) is 9.52. The average molecular weight is 362 g/mol. The van der Waals surface area contributed by atoms with E-state index in [1.807, 2.05) is 18.2 Å². The Kier molecular flexibility index (Phi) is 4.63. The lowest BCUT2D eigenvalue weighted by molar-refractivity contribution is 0.102. The number of thiazole rings is 1. The molecule has 0 aliphatic heterocycles. The number of hydrogen-bond acceptors (Lipinski definition) is 4. The van der Waals surface area contributed by atoms with Crippen molar-refractivity contribution in [3.05, 3.63) is 81.9 Å². The van der Waals surface area contributed by atoms with Crippen LogP contribution in [0.3, 0.4) is 0 Å². The van der Waals surface area contributed by atoms with Crippen molar-refractivity contribution in [1.29, 1.82) is 0 Å². The SMILES string of the molecule is O=C(Nc1nc2c(s1)CCCC2)c1ccc(C(=O)c2ccccc2)cc1. The van der Waals surface area contributed by atoms with Crippen molar-refractivity contribution in [1.82, 2.24) is 4.98 Å². The van der Waals surface area contributed by atoms with Crippen LogP contribution in [0.1, 0.15) is 49.7 Å². The van der Waals surface area contributed by atoms with Crippen LogP contribution in [-0.4, -0.2) is 16.7 Å². The van der Waals surface area contributed by atoms with Gasteiger partial charge >= 0.3 is 0 Å². The van der Waals surface area contributed by atoms with Crippen molar-refractivity contribution in [3.63, 3.8) is 0 Å². The molecular formula is C21H18N2O2S. The molecule has 0 spiro atoms. The zero-order valence-electron chi connectivity index (χ0n) is 14.2. The van der Waals surface area contributed by atoms with E-state index in [1.165, 1.54) is 17.7 Å². The standard InChI is InChI=1S/C21H18N2O2S/c24-19(14-6-2-1-3-7-14)15-10-12-16(13-11-15)20(25)23-21-22-17-8-4-5-9-18(17)26-21/h1-3,6-7,10-13H,4-5,8-9H2,(H,22,23,25). The van der Waals surface area contributed by atoms with Crippen LogP contribution in [0.5, 0.6) is 0 Å². The molecule has 4 nitrogen and oxygen atoms in total. The molecule has 3 aromatic rings. The molecule has 1 amide bonds. The summed E-state index contributed by atoms with van der Waals surface area (Å²) in [6, 6.07) is 15.9. The predicted octanol–water partition coefficient (Wildman–Crippen LogP) is 4.51. The summed E-state index contributed by atoms with van der Waals surface area (Å²) in [7, 11) is 0. The van der Waals surface area contributed by atoms with E-state index in [0.29, 0.717) is 21.8 Å². The van der Waals surface area contributed by atoms with Crippen LogP contribution in [0.4, 0.5) is 5.13 Å². The lowest BCUT2D eigenvalue weighted by Gasteiger charge is -2.06. The Hall–Kier alpha value is -2.79. The minimum Gasteiger partial charge on any atom is -0.298 e. The summed E-state index contributed by atoms with van der Waals surface area (Å²) in [4.78, 5) is 30.7. The van der Waals surface area contributed by atoms with Crippen LogP contribution < -0.4 is 5.32 Å². The van der Waals surface area contributed by atoms with Crippen LogP contribution in [0, 0.1) is 0 Å². The van der Waals surface area contributed by atoms with Crippen molar-refractivity contribution in [2.75, 3.05) is 5.32 Å². The van der Waals surface area contributed by atoms with E-state index < -0.39 is 0 Å². The number of benzene rings is 2. The fraction of sp³-hybridized carbons (Fsp3) is 0.190. The van der Waals surface area contributed by atoms with Gasteiger partial charge in [0.05, 0.1) is 5.69 Å². The Balaban J connectivity index is 1.47. The van der Waals surface area contributed by atoms with Crippen molar-refractivity contribution in [3.8, 4) is 0 Å². The lowest BCUT2D eigenvalue weighted by Crippen LogP contribution is -2.12. The highest BCUT2D eigenvalue weighted by atomic mass is 32.1. The van der Waals surface area contributed by atoms with Crippen molar-refractivity contribution < 1.29 is 9.59 Å². The van der Waals surface area contributed by atoms with E-state index in [0.717, 1.165) is 18.5 Å². The van der Waals surface area contributed by atoms with Gasteiger partial charge in [0.25, 0.3) is 5.91 Å². The molecule has 1 N–H and O–H groups in total. The molecule has 0 fully saturated rings. The van der Waals surface area contributed by atoms with Crippen LogP contribution in [0.2, 0.25) is 0 Å². The Morgan fingerprint density at radius 2 is 1.50 bits per heavy atom. The molecule has 0 unspecified atom stereocenters. The highest BCUT2D eigenvalue weighted by Gasteiger charge is 2.17. The first kappa shape index (κ1) is 16.7. The maximum atomic E-state index is 12.4. The molecule has 0 atom stereocenters. The van der Waals surface area contributed by atoms with E-state index in [4.69, 9.17) is 0 Å². The monoisotopic (exact) mass is 362 g/mol. The number of carbonyl (C=O) groups is 2. The predicted molar refractivity (Wildman–Crippen MR) is 103 cm³/mol. The third-order valence-corrected chi connectivity index (χ3v) is 5.58. The highest BCUT2D eigenvalue weighted by Crippen LogP contribution is 2.29. The number of amides is 1. The number of aromatic nitrogens is 1. The molecule has 0 saturated carbocycles. The maximum Gasteiger partial charge on any atom is 0.257 e. The summed E-state index contributed by atoms with van der Waals surface area (Å²) in [5.74, 6) is -0.250. The Labute approximate surface area is 155 Å². The van der Waals surface area contributed by atoms with E-state index >= 15 is 0 Å². The van der Waals surface area contributed by atoms with Gasteiger partial charge in [0.1, 0.15) is 0 Å². The molecule has 1 aromatic heterocycles. The average Bonchev–Trinajstić information content (AvgIpc) is 3.10. The summed E-state index contributed by atoms with van der Waals surface area (Å²) in [6.45, 7) is 0. The fourth-order valence-corrected chi connectivity index (χ4v) is 4.15. The first-order valence-electron chi connectivity index (χ1n) is 8.70. The third-order valence-electron chi connectivity index (χ3n) is 4.51. The van der Waals surface area contributed by atoms with Gasteiger partial charge in [0.2, 0.25) is 0 Å². The molecule has 130 valence electrons. The number of fused-ring (bicyclic) bond motifs is 1. The van der Waals surface area contributed by atoms with Gasteiger partial charge in [-0.2, -0.15) is 0 Å². The number of nitrogens with one attached hydrogen (secondary N) is 1. The van der Waals surface area contributed by atoms with Crippen molar-refractivity contribution in [2.24, 2.45) is 0 Å². The molecule has 4 rings (SSSR count). The Bertz CT molecular complexity index is 922. The summed E-state index contributed by atoms with van der Waals surface area (Å²) in [6.07, 6.45) is 4.41. The summed E-state index contributed by atoms with van der Waals surface area (Å²) >= 11 is 1.57. The van der Waals surface area contributed by atoms with Gasteiger partial charge in [-0.1, -0.05) is 42.5 Å². The number of carbonyl (C=O) groups excluding carboxylic acids is 2. The number of aryl methyl sites for hydroxylation is 2. The number of rotatable bonds is 4. The second-order valence-electron chi connectivity index (χ2n) is 6.32. The highest BCUT2D eigenvalue weighted by molar-refractivity contribution is 7.15.